The van der Waals surface area contributed by atoms with E-state index in [1.807, 2.05) is 13.8 Å². The van der Waals surface area contributed by atoms with E-state index in [1.165, 1.54) is 0 Å². The Labute approximate surface area is 80.5 Å². The molecule has 0 saturated carbocycles. The fourth-order valence-corrected chi connectivity index (χ4v) is 0.768. The molecule has 0 fully saturated rings. The first kappa shape index (κ1) is 11.7. The van der Waals surface area contributed by atoms with Gasteiger partial charge in [-0.25, -0.2) is 0 Å². The second-order valence-electron chi connectivity index (χ2n) is 3.34. The highest BCUT2D eigenvalue weighted by atomic mass is 32.1. The van der Waals surface area contributed by atoms with Crippen LogP contribution in [0.2, 0.25) is 0 Å². The summed E-state index contributed by atoms with van der Waals surface area (Å²) < 4.78 is 0. The van der Waals surface area contributed by atoms with Gasteiger partial charge in [-0.1, -0.05) is 26.1 Å². The third kappa shape index (κ3) is 7.82. The predicted octanol–water partition coefficient (Wildman–Crippen LogP) is 1.84. The number of hydrogen-bond donors (Lipinski definition) is 1. The zero-order chi connectivity index (χ0) is 9.56. The first-order valence-corrected chi connectivity index (χ1v) is 4.66. The minimum Gasteiger partial charge on any atom is -0.310 e. The second-order valence-corrected chi connectivity index (χ2v) is 3.92. The van der Waals surface area contributed by atoms with E-state index in [0.29, 0.717) is 12.6 Å². The van der Waals surface area contributed by atoms with E-state index in [1.54, 1.807) is 0 Å². The van der Waals surface area contributed by atoms with Crippen LogP contribution in [-0.2, 0) is 0 Å². The van der Waals surface area contributed by atoms with Gasteiger partial charge in [-0.15, -0.1) is 0 Å². The van der Waals surface area contributed by atoms with Gasteiger partial charge in [0.2, 0.25) is 0 Å². The molecule has 0 amide bonds. The molecule has 0 saturated heterocycles. The maximum Gasteiger partial charge on any atom is 0.0714 e. The van der Waals surface area contributed by atoms with Crippen molar-refractivity contribution in [1.82, 2.24) is 5.32 Å². The fraction of sp³-hybridized carbons (Fsp3) is 0.778. The molecule has 0 atom stereocenters. The average Bonchev–Trinajstić information content (AvgIpc) is 1.96. The molecule has 0 aromatic carbocycles. The molecule has 0 aromatic heterocycles. The van der Waals surface area contributed by atoms with Crippen molar-refractivity contribution in [2.24, 2.45) is 4.99 Å². The Morgan fingerprint density at radius 3 is 2.42 bits per heavy atom. The van der Waals surface area contributed by atoms with Crippen LogP contribution in [0.4, 0.5) is 0 Å². The molecule has 0 aliphatic rings. The van der Waals surface area contributed by atoms with Gasteiger partial charge in [0.05, 0.1) is 6.54 Å². The van der Waals surface area contributed by atoms with Gasteiger partial charge in [-0.3, -0.25) is 4.99 Å². The minimum atomic E-state index is 0.495. The van der Waals surface area contributed by atoms with Gasteiger partial charge in [-0.2, -0.15) is 0 Å². The molecule has 0 heterocycles. The monoisotopic (exact) mass is 186 g/mol. The van der Waals surface area contributed by atoms with E-state index >= 15 is 0 Å². The van der Waals surface area contributed by atoms with Crippen molar-refractivity contribution < 1.29 is 0 Å². The molecular formula is C9H18N2S. The van der Waals surface area contributed by atoms with Crippen molar-refractivity contribution in [2.75, 3.05) is 13.1 Å². The molecule has 0 spiro atoms. The Bertz CT molecular complexity index is 169. The van der Waals surface area contributed by atoms with Crippen LogP contribution >= 0.6 is 12.2 Å². The van der Waals surface area contributed by atoms with Crippen LogP contribution in [0, 0.1) is 0 Å². The Kier molecular flexibility index (Phi) is 6.11. The molecule has 0 bridgehead atoms. The highest BCUT2D eigenvalue weighted by Gasteiger charge is 1.96. The van der Waals surface area contributed by atoms with Crippen LogP contribution < -0.4 is 5.32 Å². The number of hydrogen-bond acceptors (Lipinski definition) is 3. The lowest BCUT2D eigenvalue weighted by atomic mass is 10.3. The molecule has 0 rings (SSSR count). The summed E-state index contributed by atoms with van der Waals surface area (Å²) in [5.41, 5.74) is 1.09. The zero-order valence-corrected chi connectivity index (χ0v) is 9.16. The largest absolute Gasteiger partial charge is 0.310 e. The molecule has 3 heteroatoms. The molecular weight excluding hydrogens is 168 g/mol. The van der Waals surface area contributed by atoms with Crippen LogP contribution in [-0.4, -0.2) is 29.7 Å². The van der Waals surface area contributed by atoms with Gasteiger partial charge in [0, 0.05) is 23.2 Å². The van der Waals surface area contributed by atoms with Gasteiger partial charge >= 0.3 is 0 Å². The van der Waals surface area contributed by atoms with Crippen LogP contribution in [0.25, 0.3) is 0 Å². The van der Waals surface area contributed by atoms with Crippen molar-refractivity contribution in [1.29, 1.82) is 0 Å². The normalized spacial score (nSPS) is 10.1. The van der Waals surface area contributed by atoms with E-state index in [-0.39, 0.29) is 0 Å². The van der Waals surface area contributed by atoms with Gasteiger partial charge < -0.3 is 5.32 Å². The number of aliphatic imine (C=N–C) groups is 1. The number of rotatable bonds is 5. The lowest BCUT2D eigenvalue weighted by molar-refractivity contribution is 0.643. The smallest absolute Gasteiger partial charge is 0.0714 e. The van der Waals surface area contributed by atoms with Crippen LogP contribution in [0.15, 0.2) is 4.99 Å². The molecule has 0 aromatic rings. The van der Waals surface area contributed by atoms with Gasteiger partial charge in [0.15, 0.2) is 0 Å². The maximum atomic E-state index is 5.12. The summed E-state index contributed by atoms with van der Waals surface area (Å²) in [5.74, 6) is 0. The quantitative estimate of drug-likeness (QED) is 0.523. The van der Waals surface area contributed by atoms with E-state index in [2.05, 4.69) is 24.2 Å². The fourth-order valence-electron chi connectivity index (χ4n) is 0.620. The Balaban J connectivity index is 3.54. The first-order valence-electron chi connectivity index (χ1n) is 4.25. The number of nitrogens with zero attached hydrogens (tertiary/aromatic N) is 1. The SMILES string of the molecule is CC(C)=NCC(=S)CNC(C)C. The molecule has 70 valence electrons. The van der Waals surface area contributed by atoms with Crippen LogP contribution in [0.1, 0.15) is 27.7 Å². The van der Waals surface area contributed by atoms with Crippen molar-refractivity contribution in [3.8, 4) is 0 Å². The molecule has 0 radical (unpaired) electrons. The predicted molar refractivity (Wildman–Crippen MR) is 59.4 cm³/mol. The Hall–Kier alpha value is -0.280. The third-order valence-electron chi connectivity index (χ3n) is 1.28. The molecule has 0 unspecified atom stereocenters. The Morgan fingerprint density at radius 2 is 2.00 bits per heavy atom. The Morgan fingerprint density at radius 1 is 1.42 bits per heavy atom. The number of nitrogens with one attached hydrogen (secondary N) is 1. The summed E-state index contributed by atoms with van der Waals surface area (Å²) in [4.78, 5) is 5.21. The van der Waals surface area contributed by atoms with Gasteiger partial charge in [-0.05, 0) is 13.8 Å². The van der Waals surface area contributed by atoms with Crippen LogP contribution in [0.3, 0.4) is 0 Å². The number of thiocarbonyl (C=S) groups is 1. The highest BCUT2D eigenvalue weighted by molar-refractivity contribution is 7.80. The molecule has 12 heavy (non-hydrogen) atoms. The molecule has 0 aliphatic carbocycles. The third-order valence-corrected chi connectivity index (χ3v) is 1.55. The van der Waals surface area contributed by atoms with Crippen LogP contribution in [0.5, 0.6) is 0 Å². The van der Waals surface area contributed by atoms with E-state index in [4.69, 9.17) is 12.2 Å². The first-order chi connectivity index (χ1) is 5.52. The lowest BCUT2D eigenvalue weighted by Gasteiger charge is -2.07. The summed E-state index contributed by atoms with van der Waals surface area (Å²) in [6.45, 7) is 9.66. The standard InChI is InChI=1S/C9H18N2S/c1-7(2)10-5-9(12)6-11-8(3)4/h7,10H,5-6H2,1-4H3. The zero-order valence-electron chi connectivity index (χ0n) is 8.35. The highest BCUT2D eigenvalue weighted by Crippen LogP contribution is 1.83. The maximum absolute atomic E-state index is 5.12. The minimum absolute atomic E-state index is 0.495. The van der Waals surface area contributed by atoms with Crippen molar-refractivity contribution in [3.63, 3.8) is 0 Å². The van der Waals surface area contributed by atoms with Gasteiger partial charge in [0.25, 0.3) is 0 Å². The topological polar surface area (TPSA) is 24.4 Å². The lowest BCUT2D eigenvalue weighted by Crippen LogP contribution is -2.29. The van der Waals surface area contributed by atoms with Crippen molar-refractivity contribution >= 4 is 22.8 Å². The summed E-state index contributed by atoms with van der Waals surface area (Å²) in [6.07, 6.45) is 0. The second kappa shape index (κ2) is 6.26. The van der Waals surface area contributed by atoms with Crippen molar-refractivity contribution in [3.05, 3.63) is 0 Å². The summed E-state index contributed by atoms with van der Waals surface area (Å²) in [6, 6.07) is 0.495. The van der Waals surface area contributed by atoms with Crippen molar-refractivity contribution in [2.45, 2.75) is 33.7 Å². The van der Waals surface area contributed by atoms with E-state index in [9.17, 15) is 0 Å². The van der Waals surface area contributed by atoms with E-state index < -0.39 is 0 Å². The summed E-state index contributed by atoms with van der Waals surface area (Å²) in [5, 5.41) is 3.26. The van der Waals surface area contributed by atoms with E-state index in [0.717, 1.165) is 17.1 Å². The summed E-state index contributed by atoms with van der Waals surface area (Å²) >= 11 is 5.12. The summed E-state index contributed by atoms with van der Waals surface area (Å²) in [7, 11) is 0. The molecule has 1 N–H and O–H groups in total. The molecule has 0 aliphatic heterocycles. The molecule has 2 nitrogen and oxygen atoms in total. The average molecular weight is 186 g/mol. The van der Waals surface area contributed by atoms with Gasteiger partial charge in [0.1, 0.15) is 0 Å².